The van der Waals surface area contributed by atoms with Gasteiger partial charge in [0.25, 0.3) is 0 Å². The maximum absolute atomic E-state index is 12.0. The van der Waals surface area contributed by atoms with Gasteiger partial charge in [-0.1, -0.05) is 29.8 Å². The Morgan fingerprint density at radius 2 is 2.10 bits per heavy atom. The summed E-state index contributed by atoms with van der Waals surface area (Å²) in [7, 11) is 1.82. The van der Waals surface area contributed by atoms with E-state index in [1.54, 1.807) is 4.90 Å². The van der Waals surface area contributed by atoms with Gasteiger partial charge >= 0.3 is 6.03 Å². The van der Waals surface area contributed by atoms with Crippen LogP contribution < -0.4 is 5.32 Å². The molecule has 0 bridgehead atoms. The van der Waals surface area contributed by atoms with Crippen molar-refractivity contribution in [2.45, 2.75) is 38.8 Å². The van der Waals surface area contributed by atoms with Crippen molar-refractivity contribution in [3.63, 3.8) is 0 Å². The van der Waals surface area contributed by atoms with Crippen LogP contribution in [0, 0.1) is 6.92 Å². The second kappa shape index (κ2) is 7.29. The molecule has 2 rings (SSSR count). The summed E-state index contributed by atoms with van der Waals surface area (Å²) < 4.78 is 5.65. The number of carbonyl (C=O) groups excluding carboxylic acids is 1. The second-order valence-corrected chi connectivity index (χ2v) is 5.51. The number of aryl methyl sites for hydroxylation is 1. The zero-order valence-electron chi connectivity index (χ0n) is 12.4. The van der Waals surface area contributed by atoms with Gasteiger partial charge in [-0.2, -0.15) is 0 Å². The van der Waals surface area contributed by atoms with Crippen LogP contribution in [-0.4, -0.2) is 37.2 Å². The standard InChI is InChI=1S/C16H24N2O2/c1-13-6-8-14(9-7-13)11-17-16(19)18(2)12-15-5-3-4-10-20-15/h6-9,15H,3-5,10-12H2,1-2H3,(H,17,19)/t15-/m0/s1. The monoisotopic (exact) mass is 276 g/mol. The number of ether oxygens (including phenoxy) is 1. The highest BCUT2D eigenvalue weighted by Crippen LogP contribution is 2.13. The topological polar surface area (TPSA) is 41.6 Å². The van der Waals surface area contributed by atoms with Crippen LogP contribution in [0.5, 0.6) is 0 Å². The average Bonchev–Trinajstić information content (AvgIpc) is 2.47. The van der Waals surface area contributed by atoms with Crippen molar-refractivity contribution in [2.24, 2.45) is 0 Å². The van der Waals surface area contributed by atoms with Gasteiger partial charge in [0, 0.05) is 26.7 Å². The number of carbonyl (C=O) groups is 1. The molecule has 20 heavy (non-hydrogen) atoms. The summed E-state index contributed by atoms with van der Waals surface area (Å²) in [4.78, 5) is 13.7. The predicted molar refractivity (Wildman–Crippen MR) is 79.6 cm³/mol. The molecule has 1 aromatic rings. The third-order valence-electron chi connectivity index (χ3n) is 3.66. The summed E-state index contributed by atoms with van der Waals surface area (Å²) in [5.74, 6) is 0. The normalized spacial score (nSPS) is 18.6. The fourth-order valence-electron chi connectivity index (χ4n) is 2.36. The van der Waals surface area contributed by atoms with E-state index >= 15 is 0 Å². The van der Waals surface area contributed by atoms with Crippen molar-refractivity contribution in [3.8, 4) is 0 Å². The number of amides is 2. The van der Waals surface area contributed by atoms with Crippen LogP contribution in [0.3, 0.4) is 0 Å². The summed E-state index contributed by atoms with van der Waals surface area (Å²) in [5.41, 5.74) is 2.35. The molecule has 1 heterocycles. The first-order valence-corrected chi connectivity index (χ1v) is 7.31. The second-order valence-electron chi connectivity index (χ2n) is 5.51. The highest BCUT2D eigenvalue weighted by atomic mass is 16.5. The summed E-state index contributed by atoms with van der Waals surface area (Å²) in [6.45, 7) is 4.11. The van der Waals surface area contributed by atoms with Gasteiger partial charge in [-0.05, 0) is 31.7 Å². The Labute approximate surface area is 121 Å². The van der Waals surface area contributed by atoms with E-state index in [0.29, 0.717) is 13.1 Å². The number of nitrogens with one attached hydrogen (secondary N) is 1. The van der Waals surface area contributed by atoms with Crippen LogP contribution in [0.4, 0.5) is 4.79 Å². The van der Waals surface area contributed by atoms with Crippen LogP contribution in [0.1, 0.15) is 30.4 Å². The fourth-order valence-corrected chi connectivity index (χ4v) is 2.36. The highest BCUT2D eigenvalue weighted by molar-refractivity contribution is 5.73. The Bertz CT molecular complexity index is 425. The first-order chi connectivity index (χ1) is 9.65. The van der Waals surface area contributed by atoms with Crippen LogP contribution >= 0.6 is 0 Å². The van der Waals surface area contributed by atoms with Crippen LogP contribution in [0.2, 0.25) is 0 Å². The Hall–Kier alpha value is -1.55. The largest absolute Gasteiger partial charge is 0.376 e. The van der Waals surface area contributed by atoms with Crippen molar-refractivity contribution in [1.82, 2.24) is 10.2 Å². The highest BCUT2D eigenvalue weighted by Gasteiger charge is 2.18. The molecule has 0 spiro atoms. The Balaban J connectivity index is 1.74. The SMILES string of the molecule is Cc1ccc(CNC(=O)N(C)C[C@@H]2CCCCO2)cc1. The van der Waals surface area contributed by atoms with Gasteiger partial charge in [0.05, 0.1) is 6.10 Å². The molecular formula is C16H24N2O2. The molecule has 1 atom stereocenters. The summed E-state index contributed by atoms with van der Waals surface area (Å²) in [6, 6.07) is 8.15. The molecule has 0 saturated carbocycles. The molecule has 1 aliphatic rings. The van der Waals surface area contributed by atoms with E-state index in [-0.39, 0.29) is 12.1 Å². The number of hydrogen-bond acceptors (Lipinski definition) is 2. The van der Waals surface area contributed by atoms with Crippen molar-refractivity contribution in [2.75, 3.05) is 20.2 Å². The van der Waals surface area contributed by atoms with E-state index in [0.717, 1.165) is 25.0 Å². The molecule has 0 radical (unpaired) electrons. The molecule has 0 aliphatic carbocycles. The molecule has 2 amide bonds. The van der Waals surface area contributed by atoms with E-state index in [2.05, 4.69) is 24.4 Å². The molecule has 0 aromatic heterocycles. The van der Waals surface area contributed by atoms with Crippen LogP contribution in [0.25, 0.3) is 0 Å². The number of rotatable bonds is 4. The maximum atomic E-state index is 12.0. The zero-order valence-corrected chi connectivity index (χ0v) is 12.4. The first-order valence-electron chi connectivity index (χ1n) is 7.31. The maximum Gasteiger partial charge on any atom is 0.317 e. The average molecular weight is 276 g/mol. The van der Waals surface area contributed by atoms with Crippen molar-refractivity contribution in [1.29, 1.82) is 0 Å². The summed E-state index contributed by atoms with van der Waals surface area (Å²) in [5, 5.41) is 2.94. The van der Waals surface area contributed by atoms with Crippen molar-refractivity contribution in [3.05, 3.63) is 35.4 Å². The molecule has 1 fully saturated rings. The minimum absolute atomic E-state index is 0.0419. The molecule has 110 valence electrons. The summed E-state index contributed by atoms with van der Waals surface area (Å²) >= 11 is 0. The van der Waals surface area contributed by atoms with Gasteiger partial charge in [-0.15, -0.1) is 0 Å². The lowest BCUT2D eigenvalue weighted by Gasteiger charge is -2.27. The van der Waals surface area contributed by atoms with E-state index in [1.807, 2.05) is 19.2 Å². The van der Waals surface area contributed by atoms with Gasteiger partial charge in [0.15, 0.2) is 0 Å². The predicted octanol–water partition coefficient (Wildman–Crippen LogP) is 2.71. The third-order valence-corrected chi connectivity index (χ3v) is 3.66. The number of nitrogens with zero attached hydrogens (tertiary/aromatic N) is 1. The van der Waals surface area contributed by atoms with E-state index in [9.17, 15) is 4.79 Å². The Morgan fingerprint density at radius 3 is 2.75 bits per heavy atom. The Kier molecular flexibility index (Phi) is 5.41. The van der Waals surface area contributed by atoms with Gasteiger partial charge in [-0.3, -0.25) is 0 Å². The minimum atomic E-state index is -0.0419. The van der Waals surface area contributed by atoms with E-state index in [4.69, 9.17) is 4.74 Å². The Morgan fingerprint density at radius 1 is 1.35 bits per heavy atom. The molecular weight excluding hydrogens is 252 g/mol. The van der Waals surface area contributed by atoms with E-state index < -0.39 is 0 Å². The third kappa shape index (κ3) is 4.53. The summed E-state index contributed by atoms with van der Waals surface area (Å²) in [6.07, 6.45) is 3.58. The lowest BCUT2D eigenvalue weighted by Crippen LogP contribution is -2.42. The number of hydrogen-bond donors (Lipinski definition) is 1. The van der Waals surface area contributed by atoms with Crippen LogP contribution in [-0.2, 0) is 11.3 Å². The molecule has 0 unspecified atom stereocenters. The number of benzene rings is 1. The smallest absolute Gasteiger partial charge is 0.317 e. The molecule has 4 nitrogen and oxygen atoms in total. The lowest BCUT2D eigenvalue weighted by molar-refractivity contribution is 0.00385. The minimum Gasteiger partial charge on any atom is -0.376 e. The van der Waals surface area contributed by atoms with Crippen molar-refractivity contribution < 1.29 is 9.53 Å². The van der Waals surface area contributed by atoms with Crippen LogP contribution in [0.15, 0.2) is 24.3 Å². The molecule has 1 saturated heterocycles. The number of likely N-dealkylation sites (N-methyl/N-ethyl adjacent to an activating group) is 1. The zero-order chi connectivity index (χ0) is 14.4. The lowest BCUT2D eigenvalue weighted by atomic mass is 10.1. The van der Waals surface area contributed by atoms with Gasteiger partial charge < -0.3 is 15.0 Å². The molecule has 4 heteroatoms. The fraction of sp³-hybridized carbons (Fsp3) is 0.562. The first kappa shape index (κ1) is 14.9. The quantitative estimate of drug-likeness (QED) is 0.918. The van der Waals surface area contributed by atoms with Gasteiger partial charge in [0.2, 0.25) is 0 Å². The van der Waals surface area contributed by atoms with Gasteiger partial charge in [0.1, 0.15) is 0 Å². The molecule has 1 N–H and O–H groups in total. The van der Waals surface area contributed by atoms with Gasteiger partial charge in [-0.25, -0.2) is 4.79 Å². The number of urea groups is 1. The van der Waals surface area contributed by atoms with Crippen molar-refractivity contribution >= 4 is 6.03 Å². The molecule has 1 aromatic carbocycles. The van der Waals surface area contributed by atoms with E-state index in [1.165, 1.54) is 12.0 Å². The molecule has 1 aliphatic heterocycles.